The molecule has 5 rings (SSSR count). The number of anilines is 1. The lowest BCUT2D eigenvalue weighted by molar-refractivity contribution is 0.215. The molecule has 10 heteroatoms. The maximum atomic E-state index is 14.6. The Kier molecular flexibility index (Phi) is 6.76. The van der Waals surface area contributed by atoms with Gasteiger partial charge in [0.05, 0.1) is 35.1 Å². The minimum Gasteiger partial charge on any atom is -0.481 e. The third-order valence-corrected chi connectivity index (χ3v) is 8.61. The Morgan fingerprint density at radius 1 is 1.26 bits per heavy atom. The average molecular weight is 550 g/mol. The van der Waals surface area contributed by atoms with Crippen molar-refractivity contribution in [3.63, 3.8) is 0 Å². The summed E-state index contributed by atoms with van der Waals surface area (Å²) >= 11 is 6.24. The van der Waals surface area contributed by atoms with Gasteiger partial charge in [0.15, 0.2) is 0 Å². The summed E-state index contributed by atoms with van der Waals surface area (Å²) in [6.45, 7) is 8.43. The lowest BCUT2D eigenvalue weighted by atomic mass is 9.75. The minimum absolute atomic E-state index is 0.0192. The van der Waals surface area contributed by atoms with Gasteiger partial charge < -0.3 is 21.5 Å². The summed E-state index contributed by atoms with van der Waals surface area (Å²) in [5.41, 5.74) is 17.6. The zero-order chi connectivity index (χ0) is 28.1. The molecule has 1 fully saturated rings. The van der Waals surface area contributed by atoms with E-state index < -0.39 is 5.82 Å². The molecule has 1 aromatic carbocycles. The molecule has 3 heterocycles. The molecule has 1 aliphatic rings. The second-order valence-electron chi connectivity index (χ2n) is 11.0. The van der Waals surface area contributed by atoms with Gasteiger partial charge in [0.2, 0.25) is 5.88 Å². The SMILES string of the molecule is COc1cc(C)c(-c2cc3c(N[C@@H]4CC[C@](C)(N)C4(C)C)c(/C(N)=N/c4c(F)cccc4Cl)cnn3c2)cn1. The van der Waals surface area contributed by atoms with Crippen LogP contribution in [0.1, 0.15) is 44.7 Å². The van der Waals surface area contributed by atoms with E-state index in [1.54, 1.807) is 30.1 Å². The average Bonchev–Trinajstić information content (AvgIpc) is 3.40. The number of para-hydroxylation sites is 1. The zero-order valence-corrected chi connectivity index (χ0v) is 23.5. The van der Waals surface area contributed by atoms with Crippen LogP contribution in [0, 0.1) is 18.2 Å². The highest BCUT2D eigenvalue weighted by atomic mass is 35.5. The fourth-order valence-electron chi connectivity index (χ4n) is 5.22. The number of methoxy groups -OCH3 is 1. The first kappa shape index (κ1) is 26.9. The van der Waals surface area contributed by atoms with Crippen molar-refractivity contribution >= 4 is 34.3 Å². The van der Waals surface area contributed by atoms with Gasteiger partial charge in [0.25, 0.3) is 0 Å². The minimum atomic E-state index is -0.558. The highest BCUT2D eigenvalue weighted by Gasteiger charge is 2.49. The van der Waals surface area contributed by atoms with E-state index in [1.807, 2.05) is 25.3 Å². The van der Waals surface area contributed by atoms with Crippen molar-refractivity contribution in [3.05, 3.63) is 70.9 Å². The Morgan fingerprint density at radius 3 is 2.67 bits per heavy atom. The van der Waals surface area contributed by atoms with E-state index in [2.05, 4.69) is 41.2 Å². The molecule has 0 bridgehead atoms. The van der Waals surface area contributed by atoms with E-state index in [1.165, 1.54) is 12.1 Å². The third kappa shape index (κ3) is 4.70. The molecule has 3 aromatic heterocycles. The number of pyridine rings is 1. The van der Waals surface area contributed by atoms with Crippen LogP contribution < -0.4 is 21.5 Å². The van der Waals surface area contributed by atoms with E-state index >= 15 is 0 Å². The van der Waals surface area contributed by atoms with E-state index in [9.17, 15) is 4.39 Å². The molecule has 0 radical (unpaired) electrons. The first-order chi connectivity index (χ1) is 18.4. The monoisotopic (exact) mass is 549 g/mol. The Labute approximate surface area is 232 Å². The number of hydrogen-bond donors (Lipinski definition) is 3. The molecule has 0 amide bonds. The van der Waals surface area contributed by atoms with Crippen molar-refractivity contribution in [2.45, 2.75) is 52.1 Å². The van der Waals surface area contributed by atoms with E-state index in [-0.39, 0.29) is 33.5 Å². The van der Waals surface area contributed by atoms with Crippen LogP contribution in [0.2, 0.25) is 5.02 Å². The van der Waals surface area contributed by atoms with Crippen LogP contribution in [0.15, 0.2) is 53.9 Å². The second kappa shape index (κ2) is 9.81. The van der Waals surface area contributed by atoms with Crippen LogP contribution in [-0.4, -0.2) is 39.1 Å². The van der Waals surface area contributed by atoms with Crippen molar-refractivity contribution in [1.29, 1.82) is 0 Å². The van der Waals surface area contributed by atoms with Crippen molar-refractivity contribution in [2.24, 2.45) is 21.9 Å². The van der Waals surface area contributed by atoms with Gasteiger partial charge in [-0.25, -0.2) is 18.9 Å². The van der Waals surface area contributed by atoms with Crippen LogP contribution in [0.25, 0.3) is 16.6 Å². The lowest BCUT2D eigenvalue weighted by Crippen LogP contribution is -2.51. The molecule has 5 N–H and O–H groups in total. The number of nitrogens with zero attached hydrogens (tertiary/aromatic N) is 4. The van der Waals surface area contributed by atoms with Crippen molar-refractivity contribution < 1.29 is 9.13 Å². The highest BCUT2D eigenvalue weighted by molar-refractivity contribution is 6.33. The smallest absolute Gasteiger partial charge is 0.213 e. The molecule has 2 atom stereocenters. The molecular formula is C29H33ClFN7O. The van der Waals surface area contributed by atoms with Crippen molar-refractivity contribution in [3.8, 4) is 17.0 Å². The van der Waals surface area contributed by atoms with Gasteiger partial charge in [-0.15, -0.1) is 0 Å². The van der Waals surface area contributed by atoms with Gasteiger partial charge >= 0.3 is 0 Å². The Bertz CT molecular complexity index is 1570. The molecule has 1 saturated carbocycles. The second-order valence-corrected chi connectivity index (χ2v) is 11.4. The number of fused-ring (bicyclic) bond motifs is 1. The number of aromatic nitrogens is 3. The number of amidine groups is 1. The predicted octanol–water partition coefficient (Wildman–Crippen LogP) is 5.86. The molecule has 0 aliphatic heterocycles. The molecule has 0 unspecified atom stereocenters. The number of hydrogen-bond acceptors (Lipinski definition) is 6. The standard InChI is InChI=1S/C29H33ClFN7O/c1-16-11-24(39-5)34-13-18(16)17-12-22-25(36-23-9-10-29(4,33)28(23,2)3)19(14-35-38(22)15-17)27(32)37-26-20(30)7-6-8-21(26)31/h6-8,11-15,23,36H,9-10,33H2,1-5H3,(H2,32,37)/t23-,29+/m1/s1. The van der Waals surface area contributed by atoms with E-state index in [4.69, 9.17) is 27.8 Å². The molecule has 0 spiro atoms. The van der Waals surface area contributed by atoms with Crippen LogP contribution >= 0.6 is 11.6 Å². The fraction of sp³-hybridized carbons (Fsp3) is 0.345. The van der Waals surface area contributed by atoms with Gasteiger partial charge in [-0.2, -0.15) is 5.10 Å². The quantitative estimate of drug-likeness (QED) is 0.205. The first-order valence-electron chi connectivity index (χ1n) is 12.8. The predicted molar refractivity (Wildman–Crippen MR) is 155 cm³/mol. The summed E-state index contributed by atoms with van der Waals surface area (Å²) in [5, 5.41) is 8.52. The number of benzene rings is 1. The third-order valence-electron chi connectivity index (χ3n) is 8.30. The Morgan fingerprint density at radius 2 is 2.03 bits per heavy atom. The first-order valence-corrected chi connectivity index (χ1v) is 13.2. The summed E-state index contributed by atoms with van der Waals surface area (Å²) in [5.74, 6) is 0.0833. The van der Waals surface area contributed by atoms with Gasteiger partial charge in [0.1, 0.15) is 17.3 Å². The van der Waals surface area contributed by atoms with E-state index in [0.29, 0.717) is 11.4 Å². The summed E-state index contributed by atoms with van der Waals surface area (Å²) < 4.78 is 21.6. The maximum absolute atomic E-state index is 14.6. The molecule has 8 nitrogen and oxygen atoms in total. The lowest BCUT2D eigenvalue weighted by Gasteiger charge is -2.39. The number of ether oxygens (including phenoxy) is 1. The van der Waals surface area contributed by atoms with Gasteiger partial charge in [-0.05, 0) is 50.5 Å². The highest BCUT2D eigenvalue weighted by Crippen LogP contribution is 2.46. The molecule has 0 saturated heterocycles. The summed E-state index contributed by atoms with van der Waals surface area (Å²) in [4.78, 5) is 8.77. The molecule has 1 aliphatic carbocycles. The normalized spacial score (nSPS) is 20.9. The summed E-state index contributed by atoms with van der Waals surface area (Å²) in [7, 11) is 1.59. The zero-order valence-electron chi connectivity index (χ0n) is 22.7. The number of aryl methyl sites for hydroxylation is 1. The molecule has 4 aromatic rings. The van der Waals surface area contributed by atoms with Gasteiger partial charge in [-0.3, -0.25) is 0 Å². The van der Waals surface area contributed by atoms with Crippen molar-refractivity contribution in [2.75, 3.05) is 12.4 Å². The van der Waals surface area contributed by atoms with Gasteiger partial charge in [0, 0.05) is 46.6 Å². The van der Waals surface area contributed by atoms with Crippen LogP contribution in [0.5, 0.6) is 5.88 Å². The van der Waals surface area contributed by atoms with Crippen LogP contribution in [0.3, 0.4) is 0 Å². The largest absolute Gasteiger partial charge is 0.481 e. The maximum Gasteiger partial charge on any atom is 0.213 e. The van der Waals surface area contributed by atoms with Crippen LogP contribution in [-0.2, 0) is 0 Å². The number of halogens is 2. The number of aliphatic imine (C=N–C) groups is 1. The van der Waals surface area contributed by atoms with Crippen LogP contribution in [0.4, 0.5) is 15.8 Å². The van der Waals surface area contributed by atoms with Gasteiger partial charge in [-0.1, -0.05) is 31.5 Å². The number of nitrogens with two attached hydrogens (primary N) is 2. The van der Waals surface area contributed by atoms with Crippen molar-refractivity contribution in [1.82, 2.24) is 14.6 Å². The number of rotatable bonds is 6. The molecule has 39 heavy (non-hydrogen) atoms. The Hall–Kier alpha value is -3.69. The summed E-state index contributed by atoms with van der Waals surface area (Å²) in [6.07, 6.45) is 7.10. The molecular weight excluding hydrogens is 517 g/mol. The topological polar surface area (TPSA) is 116 Å². The molecule has 204 valence electrons. The number of nitrogens with one attached hydrogen (secondary N) is 1. The van der Waals surface area contributed by atoms with E-state index in [0.717, 1.165) is 40.7 Å². The fourth-order valence-corrected chi connectivity index (χ4v) is 5.43. The summed E-state index contributed by atoms with van der Waals surface area (Å²) in [6, 6.07) is 8.36. The Balaban J connectivity index is 1.68.